The molecule has 21 heavy (non-hydrogen) atoms. The molecule has 0 aromatic rings. The largest absolute Gasteiger partial charge is 0.349 e. The van der Waals surface area contributed by atoms with Crippen LogP contribution in [0.1, 0.15) is 32.1 Å². The van der Waals surface area contributed by atoms with Crippen LogP contribution in [0.15, 0.2) is 0 Å². The fourth-order valence-electron chi connectivity index (χ4n) is 4.50. The quantitative estimate of drug-likeness (QED) is 0.767. The van der Waals surface area contributed by atoms with Gasteiger partial charge in [-0.15, -0.1) is 0 Å². The van der Waals surface area contributed by atoms with Crippen LogP contribution in [-0.4, -0.2) is 35.5 Å². The minimum atomic E-state index is -4.32. The third kappa shape index (κ3) is 3.15. The Bertz CT molecular complexity index is 650. The molecule has 4 bridgehead atoms. The third-order valence-electron chi connectivity index (χ3n) is 4.89. The van der Waals surface area contributed by atoms with Crippen LogP contribution in [-0.2, 0) is 29.3 Å². The summed E-state index contributed by atoms with van der Waals surface area (Å²) in [6.45, 7) is -0.0470. The highest BCUT2D eigenvalue weighted by Gasteiger charge is 2.55. The number of hydrogen-bond acceptors (Lipinski definition) is 6. The van der Waals surface area contributed by atoms with Crippen molar-refractivity contribution < 1.29 is 25.8 Å². The molecule has 2 unspecified atom stereocenters. The molecule has 9 heteroatoms. The standard InChI is InChI=1S/C12H19NO6S2/c1-20(15,16)13-21(17,18)19-7-12-4-8-2-9(5-12)11(14)10(3-8)6-12/h8-10,13H,2-7H2,1H3. The van der Waals surface area contributed by atoms with E-state index >= 15 is 0 Å². The minimum Gasteiger partial charge on any atom is -0.299 e. The highest BCUT2D eigenvalue weighted by molar-refractivity contribution is 8.02. The van der Waals surface area contributed by atoms with Crippen LogP contribution in [0, 0.1) is 23.2 Å². The van der Waals surface area contributed by atoms with Crippen molar-refractivity contribution in [3.05, 3.63) is 0 Å². The summed E-state index contributed by atoms with van der Waals surface area (Å²) in [5, 5.41) is 0. The van der Waals surface area contributed by atoms with E-state index in [9.17, 15) is 21.6 Å². The van der Waals surface area contributed by atoms with Crippen molar-refractivity contribution in [1.29, 1.82) is 0 Å². The van der Waals surface area contributed by atoms with E-state index in [4.69, 9.17) is 4.18 Å². The molecule has 4 rings (SSSR count). The molecule has 4 saturated carbocycles. The van der Waals surface area contributed by atoms with Crippen molar-refractivity contribution in [2.45, 2.75) is 32.1 Å². The summed E-state index contributed by atoms with van der Waals surface area (Å²) in [5.74, 6) is 0.851. The maximum absolute atomic E-state index is 12.1. The van der Waals surface area contributed by atoms with Crippen LogP contribution in [0.25, 0.3) is 0 Å². The predicted molar refractivity (Wildman–Crippen MR) is 73.8 cm³/mol. The smallest absolute Gasteiger partial charge is 0.299 e. The van der Waals surface area contributed by atoms with Crippen LogP contribution in [0.2, 0.25) is 0 Å². The van der Waals surface area contributed by atoms with Gasteiger partial charge >= 0.3 is 10.3 Å². The van der Waals surface area contributed by atoms with Crippen LogP contribution in [0.5, 0.6) is 0 Å². The number of nitrogens with one attached hydrogen (secondary N) is 1. The van der Waals surface area contributed by atoms with Crippen molar-refractivity contribution in [1.82, 2.24) is 4.13 Å². The number of carbonyl (C=O) groups excluding carboxylic acids is 1. The Morgan fingerprint density at radius 3 is 2.24 bits per heavy atom. The van der Waals surface area contributed by atoms with Crippen molar-refractivity contribution in [2.24, 2.45) is 23.2 Å². The predicted octanol–water partition coefficient (Wildman–Crippen LogP) is 0.192. The number of Topliss-reactive ketones (excluding diaryl/α,β-unsaturated/α-hetero) is 1. The van der Waals surface area contributed by atoms with Gasteiger partial charge in [0.25, 0.3) is 0 Å². The van der Waals surface area contributed by atoms with Crippen LogP contribution >= 0.6 is 0 Å². The van der Waals surface area contributed by atoms with Crippen LogP contribution < -0.4 is 4.13 Å². The second-order valence-electron chi connectivity index (χ2n) is 6.82. The maximum Gasteiger partial charge on any atom is 0.349 e. The summed E-state index contributed by atoms with van der Waals surface area (Å²) < 4.78 is 51.6. The number of hydrogen-bond donors (Lipinski definition) is 1. The first-order valence-electron chi connectivity index (χ1n) is 6.99. The fraction of sp³-hybridized carbons (Fsp3) is 0.917. The van der Waals surface area contributed by atoms with Gasteiger partial charge in [-0.2, -0.15) is 8.42 Å². The van der Waals surface area contributed by atoms with Crippen molar-refractivity contribution >= 4 is 26.1 Å². The lowest BCUT2D eigenvalue weighted by Gasteiger charge is -2.55. The molecule has 7 nitrogen and oxygen atoms in total. The molecule has 0 saturated heterocycles. The van der Waals surface area contributed by atoms with E-state index in [0.717, 1.165) is 25.5 Å². The van der Waals surface area contributed by atoms with Crippen molar-refractivity contribution in [3.63, 3.8) is 0 Å². The molecule has 0 amide bonds. The Hall–Kier alpha value is -0.510. The summed E-state index contributed by atoms with van der Waals surface area (Å²) in [4.78, 5) is 12.1. The van der Waals surface area contributed by atoms with Crippen molar-refractivity contribution in [3.8, 4) is 0 Å². The lowest BCUT2D eigenvalue weighted by Crippen LogP contribution is -2.53. The fourth-order valence-corrected chi connectivity index (χ4v) is 6.58. The summed E-state index contributed by atoms with van der Waals surface area (Å²) >= 11 is 0. The normalized spacial score (nSPS) is 38.9. The molecule has 0 radical (unpaired) electrons. The topological polar surface area (TPSA) is 107 Å². The number of sulfonamides is 1. The lowest BCUT2D eigenvalue weighted by molar-refractivity contribution is -0.149. The molecule has 0 aromatic heterocycles. The molecule has 0 aromatic carbocycles. The summed E-state index contributed by atoms with van der Waals surface area (Å²) in [6.07, 6.45) is 4.76. The molecule has 1 N–H and O–H groups in total. The van der Waals surface area contributed by atoms with Crippen molar-refractivity contribution in [2.75, 3.05) is 12.9 Å². The second kappa shape index (κ2) is 4.74. The molecule has 4 fully saturated rings. The van der Waals surface area contributed by atoms with Gasteiger partial charge in [-0.05, 0) is 43.4 Å². The first-order valence-corrected chi connectivity index (χ1v) is 10.3. The van der Waals surface area contributed by atoms with Gasteiger partial charge in [-0.25, -0.2) is 8.42 Å². The third-order valence-corrected chi connectivity index (χ3v) is 7.35. The Kier molecular flexibility index (Phi) is 3.47. The van der Waals surface area contributed by atoms with Gasteiger partial charge in [-0.1, -0.05) is 4.13 Å². The van der Waals surface area contributed by atoms with Gasteiger partial charge in [0.1, 0.15) is 5.78 Å². The van der Waals surface area contributed by atoms with Gasteiger partial charge in [0, 0.05) is 11.8 Å². The Balaban J connectivity index is 1.70. The zero-order valence-electron chi connectivity index (χ0n) is 11.7. The van der Waals surface area contributed by atoms with E-state index in [1.807, 2.05) is 0 Å². The number of carbonyl (C=O) groups is 1. The molecule has 4 aliphatic carbocycles. The zero-order valence-corrected chi connectivity index (χ0v) is 13.4. The SMILES string of the molecule is CS(=O)(=O)NS(=O)(=O)OCC12CC3CC(C1)C(=O)C(C3)C2. The molecular formula is C12H19NO6S2. The van der Waals surface area contributed by atoms with Gasteiger partial charge in [0.15, 0.2) is 0 Å². The first kappa shape index (κ1) is 15.4. The molecule has 0 spiro atoms. The first-order chi connectivity index (χ1) is 9.58. The van der Waals surface area contributed by atoms with Gasteiger partial charge in [0.2, 0.25) is 10.0 Å². The average molecular weight is 337 g/mol. The van der Waals surface area contributed by atoms with Gasteiger partial charge in [0.05, 0.1) is 12.9 Å². The zero-order chi connectivity index (χ0) is 15.5. The monoisotopic (exact) mass is 337 g/mol. The van der Waals surface area contributed by atoms with E-state index in [0.29, 0.717) is 24.5 Å². The maximum atomic E-state index is 12.1. The summed E-state index contributed by atoms with van der Waals surface area (Å²) in [5.41, 5.74) is -0.295. The molecule has 4 aliphatic rings. The number of ketones is 1. The van der Waals surface area contributed by atoms with E-state index in [-0.39, 0.29) is 23.9 Å². The van der Waals surface area contributed by atoms with E-state index in [1.54, 1.807) is 0 Å². The van der Waals surface area contributed by atoms with Crippen LogP contribution in [0.3, 0.4) is 0 Å². The lowest BCUT2D eigenvalue weighted by atomic mass is 9.49. The number of rotatable bonds is 5. The Morgan fingerprint density at radius 2 is 1.71 bits per heavy atom. The second-order valence-corrected chi connectivity index (χ2v) is 10.2. The Labute approximate surface area is 124 Å². The van der Waals surface area contributed by atoms with Gasteiger partial charge in [-0.3, -0.25) is 8.98 Å². The highest BCUT2D eigenvalue weighted by Crippen LogP contribution is 2.58. The molecule has 120 valence electrons. The Morgan fingerprint density at radius 1 is 1.14 bits per heavy atom. The van der Waals surface area contributed by atoms with E-state index < -0.39 is 20.3 Å². The van der Waals surface area contributed by atoms with Crippen LogP contribution in [0.4, 0.5) is 0 Å². The highest BCUT2D eigenvalue weighted by atomic mass is 32.3. The van der Waals surface area contributed by atoms with E-state index in [2.05, 4.69) is 0 Å². The molecule has 2 atom stereocenters. The minimum absolute atomic E-state index is 0.0328. The van der Waals surface area contributed by atoms with E-state index in [1.165, 1.54) is 4.13 Å². The summed E-state index contributed by atoms with van der Waals surface area (Å²) in [6, 6.07) is 0. The molecule has 0 aliphatic heterocycles. The average Bonchev–Trinajstić information content (AvgIpc) is 2.30. The summed E-state index contributed by atoms with van der Waals surface area (Å²) in [7, 11) is -8.21. The molecular weight excluding hydrogens is 318 g/mol. The molecule has 0 heterocycles. The van der Waals surface area contributed by atoms with Gasteiger partial charge < -0.3 is 0 Å².